The van der Waals surface area contributed by atoms with Crippen molar-refractivity contribution in [2.45, 2.75) is 18.6 Å². The smallest absolute Gasteiger partial charge is 0.316 e. The molecule has 1 saturated heterocycles. The van der Waals surface area contributed by atoms with Crippen molar-refractivity contribution in [2.75, 3.05) is 54.1 Å². The highest BCUT2D eigenvalue weighted by Gasteiger charge is 2.24. The van der Waals surface area contributed by atoms with Crippen molar-refractivity contribution < 1.29 is 19.8 Å². The molecule has 5 rings (SSSR count). The number of rotatable bonds is 12. The van der Waals surface area contributed by atoms with E-state index in [-0.39, 0.29) is 24.7 Å². The minimum absolute atomic E-state index is 0.0844. The van der Waals surface area contributed by atoms with Crippen LogP contribution in [0, 0.1) is 6.92 Å². The molecule has 4 N–H and O–H groups in total. The van der Waals surface area contributed by atoms with Gasteiger partial charge in [-0.15, -0.1) is 11.8 Å². The first-order chi connectivity index (χ1) is 21.4. The average molecular weight is 616 g/mol. The van der Waals surface area contributed by atoms with E-state index in [0.717, 1.165) is 28.8 Å². The van der Waals surface area contributed by atoms with Gasteiger partial charge in [0.15, 0.2) is 5.82 Å². The lowest BCUT2D eigenvalue weighted by Gasteiger charge is -2.36. The highest BCUT2D eigenvalue weighted by atomic mass is 32.2. The van der Waals surface area contributed by atoms with E-state index in [9.17, 15) is 14.7 Å². The van der Waals surface area contributed by atoms with Gasteiger partial charge < -0.3 is 30.6 Å². The third kappa shape index (κ3) is 8.17. The van der Waals surface area contributed by atoms with Gasteiger partial charge in [0.1, 0.15) is 22.6 Å². The minimum atomic E-state index is -1.01. The van der Waals surface area contributed by atoms with Crippen LogP contribution in [0.4, 0.5) is 29.0 Å². The molecule has 4 heterocycles. The molecule has 1 fully saturated rings. The van der Waals surface area contributed by atoms with Crippen molar-refractivity contribution in [3.8, 4) is 11.5 Å². The number of anilines is 5. The summed E-state index contributed by atoms with van der Waals surface area (Å²) in [5.41, 5.74) is 3.43. The standard InChI is InChI=1S/C30H33N9O4S/c1-20-3-2-4-23(33-20)28-31-12-9-25(36-28)35-26-10-13-32-30(37-26)34-21-5-7-22(8-6-21)38-14-16-39(17-15-38)27(41)19-44-24(11-18-40)29(42)43/h2-10,12-13,24,40H,11,14-19H2,1H3,(H,42,43)(H2,31,32,34,35,36,37). The quantitative estimate of drug-likeness (QED) is 0.183. The van der Waals surface area contributed by atoms with Crippen molar-refractivity contribution in [1.29, 1.82) is 0 Å². The fourth-order valence-electron chi connectivity index (χ4n) is 4.60. The first-order valence-corrected chi connectivity index (χ1v) is 15.1. The number of aryl methyl sites for hydroxylation is 1. The number of carboxylic acids is 1. The van der Waals surface area contributed by atoms with Gasteiger partial charge in [-0.05, 0) is 61.9 Å². The normalized spacial score (nSPS) is 13.8. The van der Waals surface area contributed by atoms with Gasteiger partial charge in [-0.3, -0.25) is 9.59 Å². The fraction of sp³-hybridized carbons (Fsp3) is 0.300. The number of pyridine rings is 1. The van der Waals surface area contributed by atoms with E-state index in [4.69, 9.17) is 5.11 Å². The Morgan fingerprint density at radius 1 is 0.909 bits per heavy atom. The first kappa shape index (κ1) is 30.6. The molecule has 14 heteroatoms. The molecule has 1 aliphatic heterocycles. The van der Waals surface area contributed by atoms with Gasteiger partial charge in [-0.2, -0.15) is 4.98 Å². The van der Waals surface area contributed by atoms with Crippen LogP contribution in [-0.2, 0) is 9.59 Å². The maximum Gasteiger partial charge on any atom is 0.316 e. The van der Waals surface area contributed by atoms with Gasteiger partial charge in [0.2, 0.25) is 11.9 Å². The number of benzene rings is 1. The van der Waals surface area contributed by atoms with E-state index in [2.05, 4.69) is 40.5 Å². The van der Waals surface area contributed by atoms with Crippen molar-refractivity contribution in [1.82, 2.24) is 29.8 Å². The summed E-state index contributed by atoms with van der Waals surface area (Å²) in [4.78, 5) is 50.1. The number of hydrogen-bond donors (Lipinski definition) is 4. The van der Waals surface area contributed by atoms with E-state index in [1.807, 2.05) is 49.4 Å². The van der Waals surface area contributed by atoms with Crippen LogP contribution in [0.2, 0.25) is 0 Å². The molecule has 228 valence electrons. The molecule has 3 aromatic heterocycles. The number of carboxylic acid groups (broad SMARTS) is 1. The van der Waals surface area contributed by atoms with Gasteiger partial charge >= 0.3 is 5.97 Å². The predicted octanol–water partition coefficient (Wildman–Crippen LogP) is 3.34. The van der Waals surface area contributed by atoms with Crippen molar-refractivity contribution in [3.63, 3.8) is 0 Å². The molecule has 0 aliphatic carbocycles. The largest absolute Gasteiger partial charge is 0.480 e. The third-order valence-electron chi connectivity index (χ3n) is 6.88. The van der Waals surface area contributed by atoms with Gasteiger partial charge in [-0.25, -0.2) is 19.9 Å². The second-order valence-electron chi connectivity index (χ2n) is 10.0. The topological polar surface area (TPSA) is 170 Å². The summed E-state index contributed by atoms with van der Waals surface area (Å²) in [7, 11) is 0. The number of piperazine rings is 1. The summed E-state index contributed by atoms with van der Waals surface area (Å²) in [5.74, 6) is 1.08. The number of carbonyl (C=O) groups is 2. The van der Waals surface area contributed by atoms with Gasteiger partial charge in [0.05, 0.1) is 5.75 Å². The number of carbonyl (C=O) groups excluding carboxylic acids is 1. The fourth-order valence-corrected chi connectivity index (χ4v) is 5.54. The average Bonchev–Trinajstić information content (AvgIpc) is 3.03. The molecule has 0 bridgehead atoms. The van der Waals surface area contributed by atoms with Crippen LogP contribution in [0.1, 0.15) is 12.1 Å². The lowest BCUT2D eigenvalue weighted by atomic mass is 10.2. The van der Waals surface area contributed by atoms with E-state index in [1.165, 1.54) is 0 Å². The maximum atomic E-state index is 12.6. The minimum Gasteiger partial charge on any atom is -0.480 e. The lowest BCUT2D eigenvalue weighted by Crippen LogP contribution is -2.49. The molecule has 0 radical (unpaired) electrons. The molecule has 1 aromatic carbocycles. The number of aliphatic hydroxyl groups is 1. The van der Waals surface area contributed by atoms with E-state index < -0.39 is 11.2 Å². The second-order valence-corrected chi connectivity index (χ2v) is 11.2. The van der Waals surface area contributed by atoms with Gasteiger partial charge in [0.25, 0.3) is 0 Å². The van der Waals surface area contributed by atoms with Crippen molar-refractivity contribution >= 4 is 52.6 Å². The summed E-state index contributed by atoms with van der Waals surface area (Å²) in [6, 6.07) is 17.1. The summed E-state index contributed by atoms with van der Waals surface area (Å²) < 4.78 is 0. The Morgan fingerprint density at radius 3 is 2.34 bits per heavy atom. The molecule has 1 aliphatic rings. The summed E-state index contributed by atoms with van der Waals surface area (Å²) in [6.45, 7) is 4.15. The van der Waals surface area contributed by atoms with Crippen LogP contribution in [0.25, 0.3) is 11.5 Å². The number of aromatic nitrogens is 5. The number of aliphatic carboxylic acids is 1. The molecule has 1 unspecified atom stereocenters. The Kier molecular flexibility index (Phi) is 10.1. The summed E-state index contributed by atoms with van der Waals surface area (Å²) >= 11 is 1.06. The molecular weight excluding hydrogens is 582 g/mol. The van der Waals surface area contributed by atoms with Crippen molar-refractivity contribution in [2.24, 2.45) is 0 Å². The zero-order valence-electron chi connectivity index (χ0n) is 24.1. The van der Waals surface area contributed by atoms with Gasteiger partial charge in [-0.1, -0.05) is 6.07 Å². The van der Waals surface area contributed by atoms with Crippen LogP contribution in [0.3, 0.4) is 0 Å². The summed E-state index contributed by atoms with van der Waals surface area (Å²) in [6.07, 6.45) is 3.45. The molecule has 1 amide bonds. The number of nitrogens with one attached hydrogen (secondary N) is 2. The first-order valence-electron chi connectivity index (χ1n) is 14.1. The van der Waals surface area contributed by atoms with Gasteiger partial charge in [0, 0.05) is 62.2 Å². The molecule has 13 nitrogen and oxygen atoms in total. The van der Waals surface area contributed by atoms with Crippen LogP contribution >= 0.6 is 11.8 Å². The lowest BCUT2D eigenvalue weighted by molar-refractivity contribution is -0.136. The molecule has 1 atom stereocenters. The van der Waals surface area contributed by atoms with E-state index >= 15 is 0 Å². The van der Waals surface area contributed by atoms with E-state index in [1.54, 1.807) is 29.4 Å². The Labute approximate surface area is 258 Å². The Balaban J connectivity index is 1.13. The zero-order valence-corrected chi connectivity index (χ0v) is 24.9. The maximum absolute atomic E-state index is 12.6. The molecule has 0 spiro atoms. The SMILES string of the molecule is Cc1cccc(-c2nccc(Nc3ccnc(Nc4ccc(N5CCN(C(=O)CSC(CCO)C(=O)O)CC5)cc4)n3)n2)n1. The second kappa shape index (κ2) is 14.6. The number of amides is 1. The third-order valence-corrected chi connectivity index (χ3v) is 8.13. The van der Waals surface area contributed by atoms with Crippen LogP contribution in [-0.4, -0.2) is 95.7 Å². The highest BCUT2D eigenvalue weighted by molar-refractivity contribution is 8.01. The molecule has 4 aromatic rings. The van der Waals surface area contributed by atoms with E-state index in [0.29, 0.717) is 55.3 Å². The number of nitrogens with zero attached hydrogens (tertiary/aromatic N) is 7. The molecule has 0 saturated carbocycles. The number of aliphatic hydroxyl groups excluding tert-OH is 1. The highest BCUT2D eigenvalue weighted by Crippen LogP contribution is 2.23. The number of hydrogen-bond acceptors (Lipinski definition) is 12. The van der Waals surface area contributed by atoms with Crippen molar-refractivity contribution in [3.05, 3.63) is 72.7 Å². The Morgan fingerprint density at radius 2 is 1.64 bits per heavy atom. The predicted molar refractivity (Wildman–Crippen MR) is 169 cm³/mol. The molecular formula is C30H33N9O4S. The molecule has 44 heavy (non-hydrogen) atoms. The van der Waals surface area contributed by atoms with Crippen LogP contribution in [0.5, 0.6) is 0 Å². The monoisotopic (exact) mass is 615 g/mol. The Hall–Kier alpha value is -4.82. The number of thioether (sulfide) groups is 1. The van der Waals surface area contributed by atoms with Crippen LogP contribution < -0.4 is 15.5 Å². The zero-order chi connectivity index (χ0) is 30.9. The van der Waals surface area contributed by atoms with Crippen LogP contribution in [0.15, 0.2) is 67.0 Å². The summed E-state index contributed by atoms with van der Waals surface area (Å²) in [5, 5.41) is 23.9. The Bertz CT molecular complexity index is 1580.